The fourth-order valence-electron chi connectivity index (χ4n) is 3.20. The van der Waals surface area contributed by atoms with Crippen molar-refractivity contribution in [3.63, 3.8) is 0 Å². The van der Waals surface area contributed by atoms with Crippen LogP contribution in [-0.4, -0.2) is 22.8 Å². The smallest absolute Gasteiger partial charge is 0.267 e. The van der Waals surface area contributed by atoms with E-state index in [0.29, 0.717) is 23.6 Å². The number of anilines is 1. The van der Waals surface area contributed by atoms with Crippen molar-refractivity contribution in [3.05, 3.63) is 76.1 Å². The molecule has 1 N–H and O–H groups in total. The van der Waals surface area contributed by atoms with Gasteiger partial charge in [0.2, 0.25) is 5.91 Å². The van der Waals surface area contributed by atoms with Crippen molar-refractivity contribution < 1.29 is 9.53 Å². The van der Waals surface area contributed by atoms with E-state index in [1.54, 1.807) is 37.4 Å². The topological polar surface area (TPSA) is 73.2 Å². The van der Waals surface area contributed by atoms with Crippen LogP contribution in [0.15, 0.2) is 59.4 Å². The Balaban J connectivity index is 1.95. The molecule has 0 aliphatic heterocycles. The van der Waals surface area contributed by atoms with Gasteiger partial charge in [-0.1, -0.05) is 30.7 Å². The fraction of sp³-hybridized carbons (Fsp3) is 0.261. The Morgan fingerprint density at radius 2 is 1.93 bits per heavy atom. The van der Waals surface area contributed by atoms with Crippen LogP contribution in [0.4, 0.5) is 5.69 Å². The number of methoxy groups -OCH3 is 1. The van der Waals surface area contributed by atoms with Gasteiger partial charge in [0.15, 0.2) is 0 Å². The fourth-order valence-corrected chi connectivity index (χ4v) is 3.20. The van der Waals surface area contributed by atoms with Crippen molar-refractivity contribution >= 4 is 11.6 Å². The molecule has 0 unspecified atom stereocenters. The number of rotatable bonds is 6. The number of nitrogens with one attached hydrogen (secondary N) is 1. The van der Waals surface area contributed by atoms with Crippen molar-refractivity contribution in [2.75, 3.05) is 12.4 Å². The van der Waals surface area contributed by atoms with E-state index in [9.17, 15) is 9.59 Å². The molecular weight excluding hydrogens is 366 g/mol. The van der Waals surface area contributed by atoms with Crippen LogP contribution < -0.4 is 15.6 Å². The van der Waals surface area contributed by atoms with Gasteiger partial charge in [-0.05, 0) is 50.1 Å². The second-order valence-electron chi connectivity index (χ2n) is 6.97. The summed E-state index contributed by atoms with van der Waals surface area (Å²) in [7, 11) is 1.57. The predicted molar refractivity (Wildman–Crippen MR) is 114 cm³/mol. The summed E-state index contributed by atoms with van der Waals surface area (Å²) in [5.74, 6) is 0.344. The summed E-state index contributed by atoms with van der Waals surface area (Å²) in [6.45, 7) is 5.86. The summed E-state index contributed by atoms with van der Waals surface area (Å²) in [4.78, 5) is 25.4. The Morgan fingerprint density at radius 1 is 1.14 bits per heavy atom. The molecule has 1 heterocycles. The highest BCUT2D eigenvalue weighted by molar-refractivity contribution is 5.93. The molecule has 1 amide bonds. The molecule has 6 nitrogen and oxygen atoms in total. The van der Waals surface area contributed by atoms with Gasteiger partial charge in [-0.3, -0.25) is 9.59 Å². The first kappa shape index (κ1) is 20.3. The van der Waals surface area contributed by atoms with Crippen molar-refractivity contribution in [1.82, 2.24) is 9.78 Å². The normalized spacial score (nSPS) is 11.7. The number of carbonyl (C=O) groups is 1. The molecule has 0 radical (unpaired) electrons. The summed E-state index contributed by atoms with van der Waals surface area (Å²) < 4.78 is 6.46. The number of ether oxygens (including phenoxy) is 1. The summed E-state index contributed by atoms with van der Waals surface area (Å²) in [6.07, 6.45) is 0.430. The van der Waals surface area contributed by atoms with Gasteiger partial charge in [-0.15, -0.1) is 0 Å². The highest BCUT2D eigenvalue weighted by atomic mass is 16.5. The Bertz CT molecular complexity index is 1090. The lowest BCUT2D eigenvalue weighted by Crippen LogP contribution is -2.34. The zero-order valence-electron chi connectivity index (χ0n) is 17.1. The second-order valence-corrected chi connectivity index (χ2v) is 6.97. The molecule has 0 saturated heterocycles. The largest absolute Gasteiger partial charge is 0.497 e. The van der Waals surface area contributed by atoms with E-state index in [1.807, 2.05) is 39.0 Å². The summed E-state index contributed by atoms with van der Waals surface area (Å²) in [6, 6.07) is 15.6. The number of hydrogen-bond donors (Lipinski definition) is 1. The van der Waals surface area contributed by atoms with E-state index in [4.69, 9.17) is 4.74 Å². The third kappa shape index (κ3) is 4.54. The molecule has 150 valence electrons. The maximum Gasteiger partial charge on any atom is 0.267 e. The van der Waals surface area contributed by atoms with Crippen LogP contribution in [-0.2, 0) is 4.79 Å². The average Bonchev–Trinajstić information content (AvgIpc) is 2.72. The predicted octanol–water partition coefficient (Wildman–Crippen LogP) is 4.13. The quantitative estimate of drug-likeness (QED) is 0.686. The van der Waals surface area contributed by atoms with Crippen LogP contribution in [0.25, 0.3) is 11.3 Å². The molecule has 2 aromatic carbocycles. The van der Waals surface area contributed by atoms with E-state index in [1.165, 1.54) is 10.7 Å². The van der Waals surface area contributed by atoms with Gasteiger partial charge in [0.1, 0.15) is 11.8 Å². The molecule has 1 atom stereocenters. The van der Waals surface area contributed by atoms with Crippen LogP contribution in [0.1, 0.15) is 30.5 Å². The molecule has 0 bridgehead atoms. The van der Waals surface area contributed by atoms with Crippen molar-refractivity contribution in [2.45, 2.75) is 33.2 Å². The number of nitrogens with zero attached hydrogens (tertiary/aromatic N) is 2. The van der Waals surface area contributed by atoms with Crippen LogP contribution in [0.5, 0.6) is 5.75 Å². The maximum atomic E-state index is 12.9. The zero-order chi connectivity index (χ0) is 21.0. The summed E-state index contributed by atoms with van der Waals surface area (Å²) >= 11 is 0. The van der Waals surface area contributed by atoms with Gasteiger partial charge < -0.3 is 10.1 Å². The Hall–Kier alpha value is -3.41. The van der Waals surface area contributed by atoms with E-state index in [0.717, 1.165) is 16.7 Å². The van der Waals surface area contributed by atoms with Gasteiger partial charge in [-0.25, -0.2) is 4.68 Å². The van der Waals surface area contributed by atoms with E-state index in [-0.39, 0.29) is 11.5 Å². The monoisotopic (exact) mass is 391 g/mol. The van der Waals surface area contributed by atoms with Crippen molar-refractivity contribution in [2.24, 2.45) is 0 Å². The Kier molecular flexibility index (Phi) is 6.12. The van der Waals surface area contributed by atoms with Gasteiger partial charge in [-0.2, -0.15) is 5.10 Å². The minimum atomic E-state index is -0.723. The molecule has 6 heteroatoms. The summed E-state index contributed by atoms with van der Waals surface area (Å²) in [5.41, 5.74) is 4.06. The van der Waals surface area contributed by atoms with Crippen molar-refractivity contribution in [1.29, 1.82) is 0 Å². The molecule has 0 spiro atoms. The molecule has 1 aromatic heterocycles. The molecule has 29 heavy (non-hydrogen) atoms. The SMILES string of the molecule is CC[C@H](C(=O)Nc1cccc(OC)c1)n1nc(-c2cc(C)ccc2C)ccc1=O. The van der Waals surface area contributed by atoms with E-state index in [2.05, 4.69) is 10.4 Å². The summed E-state index contributed by atoms with van der Waals surface area (Å²) in [5, 5.41) is 7.39. The lowest BCUT2D eigenvalue weighted by atomic mass is 10.0. The lowest BCUT2D eigenvalue weighted by molar-refractivity contribution is -0.119. The van der Waals surface area contributed by atoms with Crippen molar-refractivity contribution in [3.8, 4) is 17.0 Å². The van der Waals surface area contributed by atoms with Gasteiger partial charge in [0, 0.05) is 23.4 Å². The molecule has 0 fully saturated rings. The number of carbonyl (C=O) groups excluding carboxylic acids is 1. The molecular formula is C23H25N3O3. The zero-order valence-corrected chi connectivity index (χ0v) is 17.1. The number of benzene rings is 2. The maximum absolute atomic E-state index is 12.9. The number of amides is 1. The highest BCUT2D eigenvalue weighted by Crippen LogP contribution is 2.23. The third-order valence-electron chi connectivity index (χ3n) is 4.82. The first-order valence-corrected chi connectivity index (χ1v) is 9.55. The molecule has 0 aliphatic rings. The van der Waals surface area contributed by atoms with Gasteiger partial charge in [0.05, 0.1) is 12.8 Å². The first-order chi connectivity index (χ1) is 13.9. The van der Waals surface area contributed by atoms with Gasteiger partial charge in [0.25, 0.3) is 5.56 Å². The first-order valence-electron chi connectivity index (χ1n) is 9.55. The average molecular weight is 391 g/mol. The number of hydrogen-bond acceptors (Lipinski definition) is 4. The Labute approximate surface area is 170 Å². The third-order valence-corrected chi connectivity index (χ3v) is 4.82. The minimum Gasteiger partial charge on any atom is -0.497 e. The highest BCUT2D eigenvalue weighted by Gasteiger charge is 2.22. The molecule has 0 aliphatic carbocycles. The van der Waals surface area contributed by atoms with Crippen LogP contribution >= 0.6 is 0 Å². The van der Waals surface area contributed by atoms with Crippen LogP contribution in [0.3, 0.4) is 0 Å². The molecule has 3 rings (SSSR count). The van der Waals surface area contributed by atoms with E-state index >= 15 is 0 Å². The second kappa shape index (κ2) is 8.73. The number of aryl methyl sites for hydroxylation is 2. The lowest BCUT2D eigenvalue weighted by Gasteiger charge is -2.18. The minimum absolute atomic E-state index is 0.298. The van der Waals surface area contributed by atoms with Crippen LogP contribution in [0.2, 0.25) is 0 Å². The van der Waals surface area contributed by atoms with E-state index < -0.39 is 6.04 Å². The molecule has 0 saturated carbocycles. The Morgan fingerprint density at radius 3 is 2.66 bits per heavy atom. The standard InChI is InChI=1S/C23H25N3O3/c1-5-21(23(28)24-17-7-6-8-18(14-17)29-4)26-22(27)12-11-20(25-26)19-13-15(2)9-10-16(19)3/h6-14,21H,5H2,1-4H3,(H,24,28)/t21-/m1/s1. The molecule has 3 aromatic rings. The van der Waals surface area contributed by atoms with Crippen LogP contribution in [0, 0.1) is 13.8 Å². The van der Waals surface area contributed by atoms with Gasteiger partial charge >= 0.3 is 0 Å². The number of aromatic nitrogens is 2.